The van der Waals surface area contributed by atoms with Gasteiger partial charge in [0.05, 0.1) is 18.2 Å². The Morgan fingerprint density at radius 3 is 2.68 bits per heavy atom. The van der Waals surface area contributed by atoms with Crippen LogP contribution in [-0.4, -0.2) is 54.2 Å². The van der Waals surface area contributed by atoms with E-state index in [1.807, 2.05) is 6.92 Å². The molecule has 0 saturated carbocycles. The van der Waals surface area contributed by atoms with E-state index in [9.17, 15) is 4.79 Å². The fourth-order valence-electron chi connectivity index (χ4n) is 1.73. The van der Waals surface area contributed by atoms with Crippen molar-refractivity contribution in [1.82, 2.24) is 9.88 Å². The number of rotatable bonds is 7. The number of aliphatic hydroxyl groups excluding tert-OH is 1. The van der Waals surface area contributed by atoms with Crippen LogP contribution in [0, 0.1) is 0 Å². The number of aliphatic hydroxyl groups is 1. The van der Waals surface area contributed by atoms with Gasteiger partial charge in [-0.05, 0) is 18.6 Å². The lowest BCUT2D eigenvalue weighted by atomic mass is 10.3. The molecule has 0 aliphatic heterocycles. The zero-order valence-corrected chi connectivity index (χ0v) is 12.1. The highest BCUT2D eigenvalue weighted by Gasteiger charge is 2.15. The van der Waals surface area contributed by atoms with Gasteiger partial charge in [0.15, 0.2) is 0 Å². The minimum absolute atomic E-state index is 0.0184. The van der Waals surface area contributed by atoms with E-state index in [2.05, 4.69) is 4.98 Å². The maximum atomic E-state index is 12.1. The summed E-state index contributed by atoms with van der Waals surface area (Å²) in [6.45, 7) is 3.24. The third-order valence-electron chi connectivity index (χ3n) is 2.69. The van der Waals surface area contributed by atoms with Crippen molar-refractivity contribution >= 4 is 23.3 Å². The molecular formula is C13H20ClN3O2. The Balaban J connectivity index is 2.61. The summed E-state index contributed by atoms with van der Waals surface area (Å²) in [5, 5.41) is 9.53. The molecule has 5 nitrogen and oxygen atoms in total. The highest BCUT2D eigenvalue weighted by molar-refractivity contribution is 6.30. The molecule has 0 aliphatic rings. The normalized spacial score (nSPS) is 10.3. The van der Waals surface area contributed by atoms with Crippen LogP contribution in [0.2, 0.25) is 5.02 Å². The van der Waals surface area contributed by atoms with Crippen LogP contribution in [0.4, 0.5) is 5.82 Å². The van der Waals surface area contributed by atoms with E-state index < -0.39 is 0 Å². The zero-order chi connectivity index (χ0) is 14.3. The first-order valence-corrected chi connectivity index (χ1v) is 6.67. The van der Waals surface area contributed by atoms with Crippen LogP contribution in [-0.2, 0) is 4.79 Å². The van der Waals surface area contributed by atoms with Gasteiger partial charge >= 0.3 is 0 Å². The summed E-state index contributed by atoms with van der Waals surface area (Å²) in [7, 11) is 1.80. The van der Waals surface area contributed by atoms with Crippen molar-refractivity contribution in [2.45, 2.75) is 13.3 Å². The van der Waals surface area contributed by atoms with Crippen molar-refractivity contribution in [3.05, 3.63) is 23.4 Å². The first-order chi connectivity index (χ1) is 9.08. The van der Waals surface area contributed by atoms with E-state index in [-0.39, 0.29) is 19.1 Å². The Bertz CT molecular complexity index is 391. The minimum Gasteiger partial charge on any atom is -0.395 e. The van der Waals surface area contributed by atoms with Gasteiger partial charge in [0.25, 0.3) is 0 Å². The molecular weight excluding hydrogens is 266 g/mol. The molecule has 0 aliphatic carbocycles. The molecule has 0 saturated heterocycles. The van der Waals surface area contributed by atoms with E-state index in [0.717, 1.165) is 6.42 Å². The van der Waals surface area contributed by atoms with Crippen molar-refractivity contribution in [1.29, 1.82) is 0 Å². The summed E-state index contributed by atoms with van der Waals surface area (Å²) in [4.78, 5) is 19.7. The van der Waals surface area contributed by atoms with Crippen LogP contribution in [0.5, 0.6) is 0 Å². The lowest BCUT2D eigenvalue weighted by molar-refractivity contribution is -0.130. The largest absolute Gasteiger partial charge is 0.395 e. The second kappa shape index (κ2) is 7.96. The van der Waals surface area contributed by atoms with E-state index >= 15 is 0 Å². The molecule has 1 amide bonds. The SMILES string of the molecule is CCCN(CCO)C(=O)CN(C)c1ccc(Cl)cn1. The van der Waals surface area contributed by atoms with Crippen LogP contribution in [0.1, 0.15) is 13.3 Å². The molecule has 0 bridgehead atoms. The van der Waals surface area contributed by atoms with Gasteiger partial charge in [-0.2, -0.15) is 0 Å². The highest BCUT2D eigenvalue weighted by Crippen LogP contribution is 2.12. The lowest BCUT2D eigenvalue weighted by Gasteiger charge is -2.25. The molecule has 1 N–H and O–H groups in total. The molecule has 1 aromatic heterocycles. The van der Waals surface area contributed by atoms with E-state index in [4.69, 9.17) is 16.7 Å². The Labute approximate surface area is 118 Å². The molecule has 0 unspecified atom stereocenters. The van der Waals surface area contributed by atoms with Gasteiger partial charge < -0.3 is 14.9 Å². The fraction of sp³-hybridized carbons (Fsp3) is 0.538. The zero-order valence-electron chi connectivity index (χ0n) is 11.3. The Hall–Kier alpha value is -1.33. The average Bonchev–Trinajstić information content (AvgIpc) is 2.39. The topological polar surface area (TPSA) is 56.7 Å². The molecule has 0 radical (unpaired) electrons. The molecule has 1 aromatic rings. The predicted octanol–water partition coefficient (Wildman–Crippen LogP) is 1.40. The monoisotopic (exact) mass is 285 g/mol. The van der Waals surface area contributed by atoms with Crippen LogP contribution >= 0.6 is 11.6 Å². The van der Waals surface area contributed by atoms with Crippen LogP contribution < -0.4 is 4.90 Å². The lowest BCUT2D eigenvalue weighted by Crippen LogP contribution is -2.41. The molecule has 1 heterocycles. The quantitative estimate of drug-likeness (QED) is 0.823. The molecule has 106 valence electrons. The molecule has 1 rings (SSSR count). The number of likely N-dealkylation sites (N-methyl/N-ethyl adjacent to an activating group) is 1. The fourth-order valence-corrected chi connectivity index (χ4v) is 1.84. The number of hydrogen-bond donors (Lipinski definition) is 1. The number of anilines is 1. The second-order valence-electron chi connectivity index (χ2n) is 4.30. The van der Waals surface area contributed by atoms with Gasteiger partial charge in [-0.25, -0.2) is 4.98 Å². The van der Waals surface area contributed by atoms with Crippen molar-refractivity contribution in [2.24, 2.45) is 0 Å². The van der Waals surface area contributed by atoms with E-state index in [0.29, 0.717) is 23.9 Å². The second-order valence-corrected chi connectivity index (χ2v) is 4.73. The maximum Gasteiger partial charge on any atom is 0.242 e. The summed E-state index contributed by atoms with van der Waals surface area (Å²) in [6.07, 6.45) is 2.42. The van der Waals surface area contributed by atoms with E-state index in [1.54, 1.807) is 35.2 Å². The molecule has 0 spiro atoms. The molecule has 0 aromatic carbocycles. The van der Waals surface area contributed by atoms with Crippen LogP contribution in [0.15, 0.2) is 18.3 Å². The van der Waals surface area contributed by atoms with Crippen molar-refractivity contribution in [3.63, 3.8) is 0 Å². The van der Waals surface area contributed by atoms with Gasteiger partial charge in [0, 0.05) is 26.3 Å². The molecule has 0 atom stereocenters. The van der Waals surface area contributed by atoms with Gasteiger partial charge in [-0.3, -0.25) is 4.79 Å². The minimum atomic E-state index is -0.0192. The number of carbonyl (C=O) groups excluding carboxylic acids is 1. The standard InChI is InChI=1S/C13H20ClN3O2/c1-3-6-17(7-8-18)13(19)10-16(2)12-5-4-11(14)9-15-12/h4-5,9,18H,3,6-8,10H2,1-2H3. The maximum absolute atomic E-state index is 12.1. The van der Waals surface area contributed by atoms with Gasteiger partial charge in [0.1, 0.15) is 5.82 Å². The van der Waals surface area contributed by atoms with Gasteiger partial charge in [-0.15, -0.1) is 0 Å². The predicted molar refractivity (Wildman–Crippen MR) is 76.5 cm³/mol. The number of pyridine rings is 1. The number of carbonyl (C=O) groups is 1. The number of nitrogens with zero attached hydrogens (tertiary/aromatic N) is 3. The number of amides is 1. The first-order valence-electron chi connectivity index (χ1n) is 6.29. The smallest absolute Gasteiger partial charge is 0.242 e. The third kappa shape index (κ3) is 5.04. The number of aromatic nitrogens is 1. The van der Waals surface area contributed by atoms with Crippen molar-refractivity contribution in [3.8, 4) is 0 Å². The average molecular weight is 286 g/mol. The number of halogens is 1. The Kier molecular flexibility index (Phi) is 6.59. The summed E-state index contributed by atoms with van der Waals surface area (Å²) in [5.41, 5.74) is 0. The van der Waals surface area contributed by atoms with E-state index in [1.165, 1.54) is 0 Å². The summed E-state index contributed by atoms with van der Waals surface area (Å²) in [6, 6.07) is 3.51. The summed E-state index contributed by atoms with van der Waals surface area (Å²) < 4.78 is 0. The van der Waals surface area contributed by atoms with Crippen molar-refractivity contribution < 1.29 is 9.90 Å². The van der Waals surface area contributed by atoms with Crippen LogP contribution in [0.3, 0.4) is 0 Å². The van der Waals surface area contributed by atoms with Gasteiger partial charge in [-0.1, -0.05) is 18.5 Å². The molecule has 19 heavy (non-hydrogen) atoms. The first kappa shape index (κ1) is 15.7. The van der Waals surface area contributed by atoms with Crippen molar-refractivity contribution in [2.75, 3.05) is 38.2 Å². The Morgan fingerprint density at radius 2 is 2.16 bits per heavy atom. The van der Waals surface area contributed by atoms with Gasteiger partial charge in [0.2, 0.25) is 5.91 Å². The van der Waals surface area contributed by atoms with Crippen LogP contribution in [0.25, 0.3) is 0 Å². The summed E-state index contributed by atoms with van der Waals surface area (Å²) in [5.74, 6) is 0.674. The molecule has 6 heteroatoms. The Morgan fingerprint density at radius 1 is 1.42 bits per heavy atom. The number of hydrogen-bond acceptors (Lipinski definition) is 4. The molecule has 0 fully saturated rings. The highest BCUT2D eigenvalue weighted by atomic mass is 35.5. The summed E-state index contributed by atoms with van der Waals surface area (Å²) >= 11 is 5.77. The third-order valence-corrected chi connectivity index (χ3v) is 2.92.